The summed E-state index contributed by atoms with van der Waals surface area (Å²) < 4.78 is 23.1. The lowest BCUT2D eigenvalue weighted by atomic mass is 10.1. The molecule has 20 heavy (non-hydrogen) atoms. The SMILES string of the molecule is C[C@H](C#N)CN(C)C(=O)c1ccc(Cl)c(S(C)(=O)=O)c1. The zero-order chi connectivity index (χ0) is 15.5. The van der Waals surface area contributed by atoms with E-state index in [1.165, 1.54) is 23.1 Å². The molecule has 0 aliphatic carbocycles. The molecule has 1 atom stereocenters. The minimum atomic E-state index is -3.50. The van der Waals surface area contributed by atoms with E-state index in [2.05, 4.69) is 0 Å². The normalized spacial score (nSPS) is 12.6. The number of hydrogen-bond acceptors (Lipinski definition) is 4. The number of benzene rings is 1. The Hall–Kier alpha value is -1.58. The van der Waals surface area contributed by atoms with Gasteiger partial charge in [0.1, 0.15) is 0 Å². The molecule has 1 aromatic rings. The van der Waals surface area contributed by atoms with Crippen LogP contribution < -0.4 is 0 Å². The van der Waals surface area contributed by atoms with E-state index in [1.807, 2.05) is 6.07 Å². The summed E-state index contributed by atoms with van der Waals surface area (Å²) in [6, 6.07) is 6.14. The molecule has 0 fully saturated rings. The van der Waals surface area contributed by atoms with Gasteiger partial charge in [0.2, 0.25) is 0 Å². The molecule has 0 saturated carbocycles. The highest BCUT2D eigenvalue weighted by Crippen LogP contribution is 2.23. The second kappa shape index (κ2) is 6.25. The van der Waals surface area contributed by atoms with Crippen LogP contribution in [-0.2, 0) is 9.84 Å². The molecule has 0 spiro atoms. The number of sulfone groups is 1. The van der Waals surface area contributed by atoms with Crippen molar-refractivity contribution >= 4 is 27.3 Å². The first kappa shape index (κ1) is 16.5. The number of nitrogens with zero attached hydrogens (tertiary/aromatic N) is 2. The van der Waals surface area contributed by atoms with E-state index in [4.69, 9.17) is 16.9 Å². The third kappa shape index (κ3) is 3.95. The van der Waals surface area contributed by atoms with Crippen LogP contribution in [0.3, 0.4) is 0 Å². The minimum Gasteiger partial charge on any atom is -0.340 e. The molecule has 0 N–H and O–H groups in total. The van der Waals surface area contributed by atoms with Crippen molar-refractivity contribution in [3.05, 3.63) is 28.8 Å². The first-order valence-electron chi connectivity index (χ1n) is 5.81. The number of rotatable bonds is 4. The van der Waals surface area contributed by atoms with Crippen LogP contribution in [0.2, 0.25) is 5.02 Å². The predicted octanol–water partition coefficient (Wildman–Crippen LogP) is 1.98. The van der Waals surface area contributed by atoms with Gasteiger partial charge in [-0.1, -0.05) is 11.6 Å². The standard InChI is InChI=1S/C13H15ClN2O3S/c1-9(7-15)8-16(2)13(17)10-4-5-11(14)12(6-10)20(3,18)19/h4-6,9H,8H2,1-3H3/t9-/m1/s1. The van der Waals surface area contributed by atoms with E-state index in [-0.39, 0.29) is 33.9 Å². The number of hydrogen-bond donors (Lipinski definition) is 0. The van der Waals surface area contributed by atoms with Gasteiger partial charge in [-0.15, -0.1) is 0 Å². The van der Waals surface area contributed by atoms with E-state index in [0.717, 1.165) is 6.26 Å². The molecule has 0 aliphatic rings. The summed E-state index contributed by atoms with van der Waals surface area (Å²) in [5, 5.41) is 8.82. The zero-order valence-electron chi connectivity index (χ0n) is 11.4. The van der Waals surface area contributed by atoms with Crippen molar-refractivity contribution in [2.75, 3.05) is 19.8 Å². The topological polar surface area (TPSA) is 78.2 Å². The highest BCUT2D eigenvalue weighted by molar-refractivity contribution is 7.90. The first-order chi connectivity index (χ1) is 9.16. The third-order valence-corrected chi connectivity index (χ3v) is 4.27. The Kier molecular flexibility index (Phi) is 5.15. The second-order valence-electron chi connectivity index (χ2n) is 4.63. The van der Waals surface area contributed by atoms with E-state index in [0.29, 0.717) is 0 Å². The average molecular weight is 315 g/mol. The van der Waals surface area contributed by atoms with Crippen LogP contribution >= 0.6 is 11.6 Å². The molecule has 0 unspecified atom stereocenters. The second-order valence-corrected chi connectivity index (χ2v) is 7.02. The molecule has 0 heterocycles. The van der Waals surface area contributed by atoms with Crippen molar-refractivity contribution in [3.8, 4) is 6.07 Å². The Balaban J connectivity index is 3.10. The van der Waals surface area contributed by atoms with Crippen molar-refractivity contribution < 1.29 is 13.2 Å². The summed E-state index contributed by atoms with van der Waals surface area (Å²) in [4.78, 5) is 13.5. The average Bonchev–Trinajstić information content (AvgIpc) is 2.36. The van der Waals surface area contributed by atoms with Gasteiger partial charge >= 0.3 is 0 Å². The monoisotopic (exact) mass is 314 g/mol. The summed E-state index contributed by atoms with van der Waals surface area (Å²) in [6.07, 6.45) is 1.03. The number of amides is 1. The van der Waals surface area contributed by atoms with Crippen molar-refractivity contribution in [1.82, 2.24) is 4.90 Å². The number of nitriles is 1. The largest absolute Gasteiger partial charge is 0.340 e. The fourth-order valence-corrected chi connectivity index (χ4v) is 2.98. The molecule has 108 valence electrons. The first-order valence-corrected chi connectivity index (χ1v) is 8.08. The quantitative estimate of drug-likeness (QED) is 0.851. The van der Waals surface area contributed by atoms with Crippen LogP contribution in [0.1, 0.15) is 17.3 Å². The van der Waals surface area contributed by atoms with Crippen molar-refractivity contribution in [2.45, 2.75) is 11.8 Å². The molecule has 7 heteroatoms. The van der Waals surface area contributed by atoms with Gasteiger partial charge in [0.05, 0.1) is 21.9 Å². The van der Waals surface area contributed by atoms with Gasteiger partial charge in [0, 0.05) is 25.4 Å². The maximum Gasteiger partial charge on any atom is 0.253 e. The molecule has 1 rings (SSSR count). The van der Waals surface area contributed by atoms with Gasteiger partial charge in [0.25, 0.3) is 5.91 Å². The smallest absolute Gasteiger partial charge is 0.253 e. The Bertz CT molecular complexity index is 665. The molecule has 0 saturated heterocycles. The summed E-state index contributed by atoms with van der Waals surface area (Å²) in [5.74, 6) is -0.653. The maximum absolute atomic E-state index is 12.2. The molecule has 0 bridgehead atoms. The molecule has 1 amide bonds. The van der Waals surface area contributed by atoms with Crippen LogP contribution in [0.4, 0.5) is 0 Å². The fraction of sp³-hybridized carbons (Fsp3) is 0.385. The summed E-state index contributed by atoms with van der Waals surface area (Å²) in [5.41, 5.74) is 0.225. The Morgan fingerprint density at radius 2 is 2.10 bits per heavy atom. The lowest BCUT2D eigenvalue weighted by Gasteiger charge is -2.18. The minimum absolute atomic E-state index is 0.0771. The summed E-state index contributed by atoms with van der Waals surface area (Å²) >= 11 is 5.82. The molecule has 5 nitrogen and oxygen atoms in total. The van der Waals surface area contributed by atoms with Crippen molar-refractivity contribution in [3.63, 3.8) is 0 Å². The number of carbonyl (C=O) groups excluding carboxylic acids is 1. The van der Waals surface area contributed by atoms with Crippen molar-refractivity contribution in [2.24, 2.45) is 5.92 Å². The Morgan fingerprint density at radius 3 is 2.60 bits per heavy atom. The third-order valence-electron chi connectivity index (χ3n) is 2.69. The maximum atomic E-state index is 12.2. The van der Waals surface area contributed by atoms with E-state index >= 15 is 0 Å². The molecular weight excluding hydrogens is 300 g/mol. The van der Waals surface area contributed by atoms with Gasteiger partial charge in [-0.3, -0.25) is 4.79 Å². The highest BCUT2D eigenvalue weighted by Gasteiger charge is 2.19. The Morgan fingerprint density at radius 1 is 1.50 bits per heavy atom. The van der Waals surface area contributed by atoms with E-state index < -0.39 is 9.84 Å². The van der Waals surface area contributed by atoms with Gasteiger partial charge in [0.15, 0.2) is 9.84 Å². The summed E-state index contributed by atoms with van der Waals surface area (Å²) in [7, 11) is -1.94. The molecule has 0 aliphatic heterocycles. The predicted molar refractivity (Wildman–Crippen MR) is 76.3 cm³/mol. The van der Waals surface area contributed by atoms with Gasteiger partial charge in [-0.05, 0) is 25.1 Å². The highest BCUT2D eigenvalue weighted by atomic mass is 35.5. The van der Waals surface area contributed by atoms with Crippen LogP contribution in [-0.4, -0.2) is 39.1 Å². The fourth-order valence-electron chi connectivity index (χ4n) is 1.68. The lowest BCUT2D eigenvalue weighted by molar-refractivity contribution is 0.0785. The van der Waals surface area contributed by atoms with E-state index in [9.17, 15) is 13.2 Å². The zero-order valence-corrected chi connectivity index (χ0v) is 13.0. The van der Waals surface area contributed by atoms with Crippen LogP contribution in [0.5, 0.6) is 0 Å². The van der Waals surface area contributed by atoms with Gasteiger partial charge in [-0.25, -0.2) is 8.42 Å². The van der Waals surface area contributed by atoms with Crippen molar-refractivity contribution in [1.29, 1.82) is 5.26 Å². The number of carbonyl (C=O) groups is 1. The van der Waals surface area contributed by atoms with Gasteiger partial charge in [-0.2, -0.15) is 5.26 Å². The van der Waals surface area contributed by atoms with Crippen LogP contribution in [0.25, 0.3) is 0 Å². The number of halogens is 1. The van der Waals surface area contributed by atoms with E-state index in [1.54, 1.807) is 14.0 Å². The lowest BCUT2D eigenvalue weighted by Crippen LogP contribution is -2.30. The molecule has 1 aromatic carbocycles. The summed E-state index contributed by atoms with van der Waals surface area (Å²) in [6.45, 7) is 1.97. The molecule has 0 radical (unpaired) electrons. The van der Waals surface area contributed by atoms with Crippen LogP contribution in [0, 0.1) is 17.2 Å². The van der Waals surface area contributed by atoms with Crippen LogP contribution in [0.15, 0.2) is 23.1 Å². The molecule has 0 aromatic heterocycles. The molecular formula is C13H15ClN2O3S. The van der Waals surface area contributed by atoms with Gasteiger partial charge < -0.3 is 4.90 Å². The Labute approximate surface area is 123 Å².